The summed E-state index contributed by atoms with van der Waals surface area (Å²) in [6, 6.07) is 11.1. The van der Waals surface area contributed by atoms with Gasteiger partial charge in [-0.25, -0.2) is 0 Å². The Morgan fingerprint density at radius 2 is 1.64 bits per heavy atom. The summed E-state index contributed by atoms with van der Waals surface area (Å²) in [7, 11) is 5.14. The Bertz CT molecular complexity index is 1070. The average Bonchev–Trinajstić information content (AvgIpc) is 3.16. The lowest BCUT2D eigenvalue weighted by atomic mass is 9.88. The quantitative estimate of drug-likeness (QED) is 0.453. The van der Waals surface area contributed by atoms with Gasteiger partial charge in [0.15, 0.2) is 11.5 Å². The average molecular weight is 463 g/mol. The van der Waals surface area contributed by atoms with Crippen LogP contribution in [0.1, 0.15) is 43.7 Å². The minimum absolute atomic E-state index is 0.268. The second-order valence-electron chi connectivity index (χ2n) is 8.22. The molecule has 1 aromatic heterocycles. The summed E-state index contributed by atoms with van der Waals surface area (Å²) >= 11 is 0. The fourth-order valence-electron chi connectivity index (χ4n) is 4.48. The number of ether oxygens (including phenoxy) is 2. The van der Waals surface area contributed by atoms with Crippen LogP contribution in [0.2, 0.25) is 0 Å². The first-order valence-electron chi connectivity index (χ1n) is 11.4. The van der Waals surface area contributed by atoms with Crippen LogP contribution in [0.25, 0.3) is 22.2 Å². The number of methoxy groups -OCH3 is 2. The zero-order valence-corrected chi connectivity index (χ0v) is 20.0. The molecule has 0 unspecified atom stereocenters. The van der Waals surface area contributed by atoms with E-state index in [9.17, 15) is 13.2 Å². The minimum atomic E-state index is -4.32. The maximum Gasteiger partial charge on any atom is 0.393 e. The molecular formula is C26H33F3N2O2. The van der Waals surface area contributed by atoms with Gasteiger partial charge in [-0.15, -0.1) is 0 Å². The van der Waals surface area contributed by atoms with Crippen LogP contribution < -0.4 is 9.47 Å². The van der Waals surface area contributed by atoms with Crippen LogP contribution >= 0.6 is 0 Å². The Balaban J connectivity index is 0.00000149. The molecule has 0 atom stereocenters. The number of hydrogen-bond donors (Lipinski definition) is 1. The number of nitrogens with one attached hydrogen (secondary N) is 1. The number of fused-ring (bicyclic) bond motifs is 1. The highest BCUT2D eigenvalue weighted by molar-refractivity contribution is 5.91. The molecule has 7 heteroatoms. The smallest absolute Gasteiger partial charge is 0.393 e. The summed E-state index contributed by atoms with van der Waals surface area (Å²) in [5.74, 6) is 1.38. The third kappa shape index (κ3) is 5.64. The first kappa shape index (κ1) is 25.0. The molecule has 0 aliphatic carbocycles. The third-order valence-corrected chi connectivity index (χ3v) is 6.17. The monoisotopic (exact) mass is 462 g/mol. The lowest BCUT2D eigenvalue weighted by Crippen LogP contribution is -2.29. The molecule has 3 aromatic rings. The van der Waals surface area contributed by atoms with Crippen LogP contribution in [0.3, 0.4) is 0 Å². The van der Waals surface area contributed by atoms with Crippen LogP contribution in [0.15, 0.2) is 36.4 Å². The SMILES string of the molecule is CC.COc1ccc(-c2[nH]c3ccc(C4CCN(C)CC4)cc3c2CC(F)(F)F)cc1OC. The predicted molar refractivity (Wildman–Crippen MR) is 127 cm³/mol. The van der Waals surface area contributed by atoms with Gasteiger partial charge in [-0.05, 0) is 80.4 Å². The summed E-state index contributed by atoms with van der Waals surface area (Å²) in [4.78, 5) is 5.51. The van der Waals surface area contributed by atoms with Gasteiger partial charge in [-0.1, -0.05) is 19.9 Å². The molecule has 0 spiro atoms. The highest BCUT2D eigenvalue weighted by atomic mass is 19.4. The molecule has 1 aliphatic heterocycles. The molecule has 180 valence electrons. The van der Waals surface area contributed by atoms with Gasteiger partial charge in [0.25, 0.3) is 0 Å². The first-order chi connectivity index (χ1) is 15.8. The van der Waals surface area contributed by atoms with Crippen molar-refractivity contribution in [2.45, 2.75) is 45.2 Å². The van der Waals surface area contributed by atoms with Gasteiger partial charge >= 0.3 is 6.18 Å². The Hall–Kier alpha value is -2.67. The van der Waals surface area contributed by atoms with Crippen molar-refractivity contribution in [1.29, 1.82) is 0 Å². The maximum atomic E-state index is 13.5. The topological polar surface area (TPSA) is 37.5 Å². The number of rotatable bonds is 5. The van der Waals surface area contributed by atoms with Crippen molar-refractivity contribution in [2.24, 2.45) is 0 Å². The lowest BCUT2D eigenvalue weighted by molar-refractivity contribution is -0.126. The van der Waals surface area contributed by atoms with E-state index < -0.39 is 12.6 Å². The molecule has 0 radical (unpaired) electrons. The third-order valence-electron chi connectivity index (χ3n) is 6.17. The molecule has 2 heterocycles. The summed E-state index contributed by atoms with van der Waals surface area (Å²) in [6.45, 7) is 6.00. The summed E-state index contributed by atoms with van der Waals surface area (Å²) in [6.07, 6.45) is -3.27. The van der Waals surface area contributed by atoms with Gasteiger partial charge in [-0.3, -0.25) is 0 Å². The van der Waals surface area contributed by atoms with Crippen LogP contribution in [0.5, 0.6) is 11.5 Å². The number of aromatic nitrogens is 1. The Kier molecular flexibility index (Phi) is 7.95. The van der Waals surface area contributed by atoms with Gasteiger partial charge in [0, 0.05) is 16.5 Å². The van der Waals surface area contributed by atoms with E-state index in [1.54, 1.807) is 18.2 Å². The van der Waals surface area contributed by atoms with Crippen molar-refractivity contribution in [3.05, 3.63) is 47.5 Å². The highest BCUT2D eigenvalue weighted by Crippen LogP contribution is 2.40. The second kappa shape index (κ2) is 10.5. The summed E-state index contributed by atoms with van der Waals surface area (Å²) in [5.41, 5.74) is 3.19. The van der Waals surface area contributed by atoms with E-state index in [1.807, 2.05) is 32.0 Å². The maximum absolute atomic E-state index is 13.5. The number of likely N-dealkylation sites (tertiary alicyclic amines) is 1. The van der Waals surface area contributed by atoms with Crippen LogP contribution in [0, 0.1) is 0 Å². The number of benzene rings is 2. The van der Waals surface area contributed by atoms with E-state index in [0.29, 0.717) is 39.6 Å². The van der Waals surface area contributed by atoms with E-state index in [4.69, 9.17) is 9.47 Å². The van der Waals surface area contributed by atoms with Crippen molar-refractivity contribution < 1.29 is 22.6 Å². The molecule has 0 saturated carbocycles. The zero-order chi connectivity index (χ0) is 24.2. The predicted octanol–water partition coefficient (Wildman–Crippen LogP) is 6.79. The second-order valence-corrected chi connectivity index (χ2v) is 8.22. The van der Waals surface area contributed by atoms with Crippen molar-refractivity contribution in [1.82, 2.24) is 9.88 Å². The Morgan fingerprint density at radius 1 is 0.970 bits per heavy atom. The molecule has 0 bridgehead atoms. The number of halogens is 3. The van der Waals surface area contributed by atoms with Crippen molar-refractivity contribution in [2.75, 3.05) is 34.4 Å². The first-order valence-corrected chi connectivity index (χ1v) is 11.4. The highest BCUT2D eigenvalue weighted by Gasteiger charge is 2.32. The molecule has 4 nitrogen and oxygen atoms in total. The molecular weight excluding hydrogens is 429 g/mol. The molecule has 1 fully saturated rings. The van der Waals surface area contributed by atoms with Gasteiger partial charge in [0.1, 0.15) is 0 Å². The summed E-state index contributed by atoms with van der Waals surface area (Å²) < 4.78 is 51.2. The van der Waals surface area contributed by atoms with Gasteiger partial charge in [-0.2, -0.15) is 13.2 Å². The van der Waals surface area contributed by atoms with E-state index in [1.165, 1.54) is 14.2 Å². The number of aromatic amines is 1. The number of nitrogens with zero attached hydrogens (tertiary/aromatic N) is 1. The number of H-pyrrole nitrogens is 1. The van der Waals surface area contributed by atoms with Crippen molar-refractivity contribution in [3.63, 3.8) is 0 Å². The normalized spacial score (nSPS) is 15.3. The Labute approximate surface area is 193 Å². The Morgan fingerprint density at radius 3 is 2.24 bits per heavy atom. The standard InChI is InChI=1S/C24H27F3N2O2.C2H6/c1-29-10-8-15(9-11-29)16-4-6-20-18(12-16)19(14-24(25,26)27)23(28-20)17-5-7-21(30-2)22(13-17)31-3;1-2/h4-7,12-13,15,28H,8-11,14H2,1-3H3;1-2H3. The molecule has 1 saturated heterocycles. The molecule has 33 heavy (non-hydrogen) atoms. The van der Waals surface area contributed by atoms with Crippen LogP contribution in [-0.4, -0.2) is 50.4 Å². The van der Waals surface area contributed by atoms with Crippen molar-refractivity contribution >= 4 is 10.9 Å². The fourth-order valence-corrected chi connectivity index (χ4v) is 4.48. The van der Waals surface area contributed by atoms with Gasteiger partial charge in [0.05, 0.1) is 26.3 Å². The van der Waals surface area contributed by atoms with Gasteiger partial charge in [0.2, 0.25) is 0 Å². The number of piperidine rings is 1. The van der Waals surface area contributed by atoms with E-state index in [-0.39, 0.29) is 5.56 Å². The zero-order valence-electron chi connectivity index (χ0n) is 20.0. The number of alkyl halides is 3. The molecule has 2 aromatic carbocycles. The summed E-state index contributed by atoms with van der Waals surface area (Å²) in [5, 5.41) is 0.638. The van der Waals surface area contributed by atoms with E-state index in [2.05, 4.69) is 16.9 Å². The molecule has 1 N–H and O–H groups in total. The van der Waals surface area contributed by atoms with E-state index in [0.717, 1.165) is 31.5 Å². The van der Waals surface area contributed by atoms with E-state index >= 15 is 0 Å². The fraction of sp³-hybridized carbons (Fsp3) is 0.462. The van der Waals surface area contributed by atoms with Gasteiger partial charge < -0.3 is 19.4 Å². The number of hydrogen-bond acceptors (Lipinski definition) is 3. The lowest BCUT2D eigenvalue weighted by Gasteiger charge is -2.29. The molecule has 1 aliphatic rings. The molecule has 0 amide bonds. The van der Waals surface area contributed by atoms with Crippen LogP contribution in [0.4, 0.5) is 13.2 Å². The molecule has 4 rings (SSSR count). The van der Waals surface area contributed by atoms with Crippen molar-refractivity contribution in [3.8, 4) is 22.8 Å². The minimum Gasteiger partial charge on any atom is -0.493 e. The largest absolute Gasteiger partial charge is 0.493 e. The van der Waals surface area contributed by atoms with Crippen LogP contribution in [-0.2, 0) is 6.42 Å².